The van der Waals surface area contributed by atoms with Gasteiger partial charge in [0.2, 0.25) is 0 Å². The molecule has 0 aromatic rings. The van der Waals surface area contributed by atoms with E-state index in [1.807, 2.05) is 0 Å². The monoisotopic (exact) mass is 200 g/mol. The van der Waals surface area contributed by atoms with E-state index in [9.17, 15) is 0 Å². The normalized spacial score (nSPS) is 36.2. The van der Waals surface area contributed by atoms with Gasteiger partial charge in [0.1, 0.15) is 0 Å². The molecule has 3 nitrogen and oxygen atoms in total. The highest BCUT2D eigenvalue weighted by molar-refractivity contribution is 5.04. The van der Waals surface area contributed by atoms with Gasteiger partial charge < -0.3 is 16.2 Å². The summed E-state index contributed by atoms with van der Waals surface area (Å²) in [5.41, 5.74) is 6.30. The lowest BCUT2D eigenvalue weighted by Gasteiger charge is -2.34. The fourth-order valence-corrected chi connectivity index (χ4v) is 3.01. The fourth-order valence-electron chi connectivity index (χ4n) is 3.01. The maximum atomic E-state index is 8.85. The van der Waals surface area contributed by atoms with E-state index in [0.29, 0.717) is 24.4 Å². The molecule has 0 spiro atoms. The Balaban J connectivity index is 2.69. The van der Waals surface area contributed by atoms with Crippen LogP contribution in [0.5, 0.6) is 0 Å². The maximum Gasteiger partial charge on any atom is 0.0556 e. The molecule has 1 aliphatic carbocycles. The Hall–Kier alpha value is -0.120. The van der Waals surface area contributed by atoms with Gasteiger partial charge in [-0.3, -0.25) is 0 Å². The van der Waals surface area contributed by atoms with Crippen molar-refractivity contribution in [3.63, 3.8) is 0 Å². The van der Waals surface area contributed by atoms with Gasteiger partial charge in [0.25, 0.3) is 0 Å². The SMILES string of the molecule is CC1CC(C)(C)CC1(CN)NCCO. The van der Waals surface area contributed by atoms with Crippen LogP contribution in [0.4, 0.5) is 0 Å². The Bertz CT molecular complexity index is 194. The van der Waals surface area contributed by atoms with Gasteiger partial charge in [-0.1, -0.05) is 20.8 Å². The second-order valence-corrected chi connectivity index (χ2v) is 5.46. The highest BCUT2D eigenvalue weighted by Crippen LogP contribution is 2.46. The van der Waals surface area contributed by atoms with Gasteiger partial charge in [-0.25, -0.2) is 0 Å². The molecule has 0 aromatic carbocycles. The minimum absolute atomic E-state index is 0.0478. The predicted octanol–water partition coefficient (Wildman–Crippen LogP) is 0.722. The van der Waals surface area contributed by atoms with Crippen molar-refractivity contribution in [1.29, 1.82) is 0 Å². The molecule has 2 atom stereocenters. The van der Waals surface area contributed by atoms with Gasteiger partial charge in [-0.2, -0.15) is 0 Å². The molecule has 1 aliphatic rings. The molecule has 1 saturated carbocycles. The molecule has 0 aliphatic heterocycles. The van der Waals surface area contributed by atoms with Crippen LogP contribution in [0.25, 0.3) is 0 Å². The lowest BCUT2D eigenvalue weighted by atomic mass is 9.86. The van der Waals surface area contributed by atoms with E-state index >= 15 is 0 Å². The number of aliphatic hydroxyl groups excluding tert-OH is 1. The van der Waals surface area contributed by atoms with Gasteiger partial charge in [0.15, 0.2) is 0 Å². The number of aliphatic hydroxyl groups is 1. The number of rotatable bonds is 4. The quantitative estimate of drug-likeness (QED) is 0.627. The first kappa shape index (κ1) is 12.0. The van der Waals surface area contributed by atoms with E-state index in [1.165, 1.54) is 6.42 Å². The van der Waals surface area contributed by atoms with Crippen molar-refractivity contribution in [1.82, 2.24) is 5.32 Å². The third-order valence-electron chi connectivity index (χ3n) is 3.55. The standard InChI is InChI=1S/C11H24N2O/c1-9-6-10(2,3)7-11(9,8-12)13-4-5-14/h9,13-14H,4-8,12H2,1-3H3. The van der Waals surface area contributed by atoms with Crippen LogP contribution < -0.4 is 11.1 Å². The average molecular weight is 200 g/mol. The van der Waals surface area contributed by atoms with Crippen molar-refractivity contribution in [3.05, 3.63) is 0 Å². The second-order valence-electron chi connectivity index (χ2n) is 5.46. The van der Waals surface area contributed by atoms with Gasteiger partial charge >= 0.3 is 0 Å². The van der Waals surface area contributed by atoms with Crippen LogP contribution in [-0.2, 0) is 0 Å². The van der Waals surface area contributed by atoms with E-state index in [0.717, 1.165) is 6.42 Å². The Kier molecular flexibility index (Phi) is 3.56. The van der Waals surface area contributed by atoms with Gasteiger partial charge in [0.05, 0.1) is 6.61 Å². The van der Waals surface area contributed by atoms with E-state index in [4.69, 9.17) is 10.8 Å². The van der Waals surface area contributed by atoms with Gasteiger partial charge in [-0.15, -0.1) is 0 Å². The molecule has 1 fully saturated rings. The molecule has 4 N–H and O–H groups in total. The molecule has 3 heteroatoms. The third kappa shape index (κ3) is 2.27. The van der Waals surface area contributed by atoms with Crippen LogP contribution in [0.15, 0.2) is 0 Å². The van der Waals surface area contributed by atoms with E-state index in [2.05, 4.69) is 26.1 Å². The van der Waals surface area contributed by atoms with Crippen LogP contribution >= 0.6 is 0 Å². The number of nitrogens with one attached hydrogen (secondary N) is 1. The molecular weight excluding hydrogens is 176 g/mol. The molecule has 0 bridgehead atoms. The topological polar surface area (TPSA) is 58.3 Å². The molecule has 1 rings (SSSR count). The van der Waals surface area contributed by atoms with Crippen LogP contribution in [-0.4, -0.2) is 30.3 Å². The van der Waals surface area contributed by atoms with Gasteiger partial charge in [0, 0.05) is 18.6 Å². The first-order chi connectivity index (χ1) is 6.46. The summed E-state index contributed by atoms with van der Waals surface area (Å²) < 4.78 is 0. The Morgan fingerprint density at radius 1 is 1.50 bits per heavy atom. The summed E-state index contributed by atoms with van der Waals surface area (Å²) in [6, 6.07) is 0. The van der Waals surface area contributed by atoms with Crippen molar-refractivity contribution in [2.75, 3.05) is 19.7 Å². The number of hydrogen-bond donors (Lipinski definition) is 3. The molecular formula is C11H24N2O. The molecule has 0 saturated heterocycles. The summed E-state index contributed by atoms with van der Waals surface area (Å²) in [5.74, 6) is 0.592. The van der Waals surface area contributed by atoms with Crippen molar-refractivity contribution in [2.45, 2.75) is 39.2 Å². The Morgan fingerprint density at radius 2 is 2.14 bits per heavy atom. The average Bonchev–Trinajstić information content (AvgIpc) is 2.33. The van der Waals surface area contributed by atoms with Crippen LogP contribution in [0.3, 0.4) is 0 Å². The van der Waals surface area contributed by atoms with E-state index < -0.39 is 0 Å². The van der Waals surface area contributed by atoms with Crippen LogP contribution in [0.1, 0.15) is 33.6 Å². The zero-order valence-electron chi connectivity index (χ0n) is 9.64. The second kappa shape index (κ2) is 4.17. The summed E-state index contributed by atoms with van der Waals surface area (Å²) in [7, 11) is 0. The summed E-state index contributed by atoms with van der Waals surface area (Å²) in [5, 5.41) is 12.3. The third-order valence-corrected chi connectivity index (χ3v) is 3.55. The zero-order valence-corrected chi connectivity index (χ0v) is 9.64. The molecule has 0 aromatic heterocycles. The van der Waals surface area contributed by atoms with Gasteiger partial charge in [-0.05, 0) is 24.2 Å². The smallest absolute Gasteiger partial charge is 0.0556 e. The molecule has 0 amide bonds. The first-order valence-corrected chi connectivity index (χ1v) is 5.52. The molecule has 0 radical (unpaired) electrons. The highest BCUT2D eigenvalue weighted by atomic mass is 16.3. The number of β-amino-alcohol motifs (C(OH)–C–C–N with tert-alkyl or cyclic N) is 1. The highest BCUT2D eigenvalue weighted by Gasteiger charge is 2.47. The lowest BCUT2D eigenvalue weighted by Crippen LogP contribution is -2.54. The van der Waals surface area contributed by atoms with Crippen molar-refractivity contribution in [3.8, 4) is 0 Å². The van der Waals surface area contributed by atoms with Crippen molar-refractivity contribution in [2.24, 2.45) is 17.1 Å². The predicted molar refractivity (Wildman–Crippen MR) is 59.1 cm³/mol. The molecule has 14 heavy (non-hydrogen) atoms. The Labute approximate surface area is 87.1 Å². The largest absolute Gasteiger partial charge is 0.395 e. The zero-order chi connectivity index (χ0) is 10.8. The summed E-state index contributed by atoms with van der Waals surface area (Å²) in [6.45, 7) is 8.35. The molecule has 84 valence electrons. The minimum Gasteiger partial charge on any atom is -0.395 e. The van der Waals surface area contributed by atoms with Crippen molar-refractivity contribution >= 4 is 0 Å². The first-order valence-electron chi connectivity index (χ1n) is 5.52. The summed E-state index contributed by atoms with van der Waals surface area (Å²) in [4.78, 5) is 0. The lowest BCUT2D eigenvalue weighted by molar-refractivity contribution is 0.218. The number of hydrogen-bond acceptors (Lipinski definition) is 3. The summed E-state index contributed by atoms with van der Waals surface area (Å²) >= 11 is 0. The fraction of sp³-hybridized carbons (Fsp3) is 1.00. The van der Waals surface area contributed by atoms with E-state index in [1.54, 1.807) is 0 Å². The Morgan fingerprint density at radius 3 is 2.50 bits per heavy atom. The maximum absolute atomic E-state index is 8.85. The molecule has 2 unspecified atom stereocenters. The van der Waals surface area contributed by atoms with Crippen LogP contribution in [0, 0.1) is 11.3 Å². The number of nitrogens with two attached hydrogens (primary N) is 1. The summed E-state index contributed by atoms with van der Waals surface area (Å²) in [6.07, 6.45) is 2.32. The van der Waals surface area contributed by atoms with E-state index in [-0.39, 0.29) is 12.1 Å². The van der Waals surface area contributed by atoms with Crippen LogP contribution in [0.2, 0.25) is 0 Å². The van der Waals surface area contributed by atoms with Crippen molar-refractivity contribution < 1.29 is 5.11 Å². The molecule has 0 heterocycles. The minimum atomic E-state index is 0.0478.